The number of rotatable bonds is 4. The summed E-state index contributed by atoms with van der Waals surface area (Å²) < 4.78 is 8.40. The summed E-state index contributed by atoms with van der Waals surface area (Å²) >= 11 is 0. The Kier molecular flexibility index (Phi) is 10.3. The smallest absolute Gasteiger partial charge is 0.332 e. The minimum absolute atomic E-state index is 0.611. The predicted octanol–water partition coefficient (Wildman–Crippen LogP) is 0.108. The molecular weight excluding hydrogens is 216 g/mol. The largest absolute Gasteiger partial charge is 0.433 e. The van der Waals surface area contributed by atoms with Gasteiger partial charge in [-0.05, 0) is 13.8 Å². The van der Waals surface area contributed by atoms with Crippen LogP contribution in [0.15, 0.2) is 25.3 Å². The van der Waals surface area contributed by atoms with Crippen LogP contribution in [0.1, 0.15) is 13.8 Å². The average Bonchev–Trinajstić information content (AvgIpc) is 2.16. The summed E-state index contributed by atoms with van der Waals surface area (Å²) in [6, 6.07) is 0. The van der Waals surface area contributed by atoms with Gasteiger partial charge in [0.25, 0.3) is 0 Å². The molecule has 2 atom stereocenters. The van der Waals surface area contributed by atoms with Crippen LogP contribution in [0.4, 0.5) is 0 Å². The molecule has 6 nitrogen and oxygen atoms in total. The van der Waals surface area contributed by atoms with Gasteiger partial charge in [-0.3, -0.25) is 0 Å². The number of carbonyl (C=O) groups excluding carboxylic acids is 2. The van der Waals surface area contributed by atoms with Crippen molar-refractivity contribution in [3.05, 3.63) is 25.3 Å². The van der Waals surface area contributed by atoms with Crippen molar-refractivity contribution in [2.45, 2.75) is 26.4 Å². The van der Waals surface area contributed by atoms with Gasteiger partial charge < -0.3 is 19.7 Å². The van der Waals surface area contributed by atoms with Crippen molar-refractivity contribution < 1.29 is 29.3 Å². The Morgan fingerprint density at radius 3 is 1.31 bits per heavy atom. The van der Waals surface area contributed by atoms with Crippen molar-refractivity contribution in [2.24, 2.45) is 0 Å². The Morgan fingerprint density at radius 1 is 1.00 bits per heavy atom. The SMILES string of the molecule is C=CC(=O)OC(C)O.C=CC(=O)OC(C)O. The molecule has 2 unspecified atom stereocenters. The molecule has 0 heterocycles. The molecule has 2 N–H and O–H groups in total. The van der Waals surface area contributed by atoms with Crippen molar-refractivity contribution in [2.75, 3.05) is 0 Å². The van der Waals surface area contributed by atoms with E-state index >= 15 is 0 Å². The van der Waals surface area contributed by atoms with Gasteiger partial charge in [0.1, 0.15) is 0 Å². The lowest BCUT2D eigenvalue weighted by Gasteiger charge is -2.01. The first-order valence-corrected chi connectivity index (χ1v) is 4.35. The van der Waals surface area contributed by atoms with Gasteiger partial charge in [0, 0.05) is 12.2 Å². The minimum atomic E-state index is -1.04. The van der Waals surface area contributed by atoms with Crippen molar-refractivity contribution in [1.82, 2.24) is 0 Å². The maximum atomic E-state index is 10.1. The second kappa shape index (κ2) is 9.88. The van der Waals surface area contributed by atoms with Gasteiger partial charge in [0.15, 0.2) is 12.6 Å². The Balaban J connectivity index is 0. The fourth-order valence-corrected chi connectivity index (χ4v) is 0.432. The monoisotopic (exact) mass is 232 g/mol. The van der Waals surface area contributed by atoms with E-state index in [1.54, 1.807) is 0 Å². The molecule has 0 bridgehead atoms. The van der Waals surface area contributed by atoms with Crippen molar-refractivity contribution >= 4 is 11.9 Å². The van der Waals surface area contributed by atoms with Crippen LogP contribution >= 0.6 is 0 Å². The molecule has 0 aliphatic heterocycles. The third-order valence-corrected chi connectivity index (χ3v) is 0.907. The number of aliphatic hydroxyl groups is 2. The van der Waals surface area contributed by atoms with E-state index < -0.39 is 24.5 Å². The van der Waals surface area contributed by atoms with Crippen LogP contribution in [0.5, 0.6) is 0 Å². The zero-order valence-electron chi connectivity index (χ0n) is 9.25. The van der Waals surface area contributed by atoms with Crippen LogP contribution < -0.4 is 0 Å². The summed E-state index contributed by atoms with van der Waals surface area (Å²) in [5, 5.41) is 16.7. The standard InChI is InChI=1S/2C5H8O3/c2*1-3-5(7)8-4(2)6/h2*3-4,6H,1H2,2H3. The maximum Gasteiger partial charge on any atom is 0.332 e. The second-order valence-corrected chi connectivity index (χ2v) is 2.48. The Bertz CT molecular complexity index is 218. The van der Waals surface area contributed by atoms with Gasteiger partial charge in [-0.1, -0.05) is 13.2 Å². The van der Waals surface area contributed by atoms with Crippen LogP contribution in [0, 0.1) is 0 Å². The average molecular weight is 232 g/mol. The van der Waals surface area contributed by atoms with Crippen molar-refractivity contribution in [1.29, 1.82) is 0 Å². The first-order chi connectivity index (χ1) is 7.33. The number of ether oxygens (including phenoxy) is 2. The molecule has 0 aromatic heterocycles. The number of hydrogen-bond acceptors (Lipinski definition) is 6. The van der Waals surface area contributed by atoms with Gasteiger partial charge in [0.05, 0.1) is 0 Å². The van der Waals surface area contributed by atoms with Crippen LogP contribution in [0.2, 0.25) is 0 Å². The Hall–Kier alpha value is -1.66. The van der Waals surface area contributed by atoms with E-state index in [-0.39, 0.29) is 0 Å². The fourth-order valence-electron chi connectivity index (χ4n) is 0.432. The predicted molar refractivity (Wildman–Crippen MR) is 55.9 cm³/mol. The third kappa shape index (κ3) is 14.8. The molecule has 0 saturated heterocycles. The molecule has 92 valence electrons. The molecule has 0 fully saturated rings. The summed E-state index contributed by atoms with van der Waals surface area (Å²) in [6.07, 6.45) is -0.0969. The zero-order valence-corrected chi connectivity index (χ0v) is 9.25. The highest BCUT2D eigenvalue weighted by Gasteiger charge is 1.98. The van der Waals surface area contributed by atoms with Gasteiger partial charge >= 0.3 is 11.9 Å². The van der Waals surface area contributed by atoms with Gasteiger partial charge in [0.2, 0.25) is 0 Å². The first-order valence-electron chi connectivity index (χ1n) is 4.35. The lowest BCUT2D eigenvalue weighted by Crippen LogP contribution is -2.10. The van der Waals surface area contributed by atoms with Crippen LogP contribution in [-0.2, 0) is 19.1 Å². The molecule has 0 aromatic carbocycles. The zero-order chi connectivity index (χ0) is 13.1. The molecule has 0 radical (unpaired) electrons. The number of carbonyl (C=O) groups is 2. The summed E-state index contributed by atoms with van der Waals surface area (Å²) in [5.41, 5.74) is 0. The van der Waals surface area contributed by atoms with E-state index in [0.29, 0.717) is 0 Å². The van der Waals surface area contributed by atoms with E-state index in [9.17, 15) is 9.59 Å². The van der Waals surface area contributed by atoms with E-state index in [2.05, 4.69) is 22.6 Å². The van der Waals surface area contributed by atoms with E-state index in [4.69, 9.17) is 10.2 Å². The molecule has 0 saturated carbocycles. The lowest BCUT2D eigenvalue weighted by molar-refractivity contribution is -0.159. The summed E-state index contributed by atoms with van der Waals surface area (Å²) in [4.78, 5) is 20.2. The third-order valence-electron chi connectivity index (χ3n) is 0.907. The van der Waals surface area contributed by atoms with E-state index in [1.165, 1.54) is 13.8 Å². The molecule has 0 spiro atoms. The van der Waals surface area contributed by atoms with Gasteiger partial charge in [-0.2, -0.15) is 0 Å². The highest BCUT2D eigenvalue weighted by atomic mass is 16.6. The van der Waals surface area contributed by atoms with Crippen LogP contribution in [0.3, 0.4) is 0 Å². The molecule has 0 rings (SSSR count). The Labute approximate surface area is 93.8 Å². The highest BCUT2D eigenvalue weighted by molar-refractivity contribution is 5.81. The molecule has 0 aliphatic rings. The topological polar surface area (TPSA) is 93.1 Å². The summed E-state index contributed by atoms with van der Waals surface area (Å²) in [5.74, 6) is -1.22. The molecule has 16 heavy (non-hydrogen) atoms. The fraction of sp³-hybridized carbons (Fsp3) is 0.400. The Morgan fingerprint density at radius 2 is 1.25 bits per heavy atom. The van der Waals surface area contributed by atoms with Crippen LogP contribution in [0.25, 0.3) is 0 Å². The van der Waals surface area contributed by atoms with E-state index in [1.807, 2.05) is 0 Å². The second-order valence-electron chi connectivity index (χ2n) is 2.48. The van der Waals surface area contributed by atoms with Crippen molar-refractivity contribution in [3.8, 4) is 0 Å². The lowest BCUT2D eigenvalue weighted by atomic mass is 10.6. The number of esters is 2. The van der Waals surface area contributed by atoms with Crippen LogP contribution in [-0.4, -0.2) is 34.7 Å². The maximum absolute atomic E-state index is 10.1. The number of aliphatic hydroxyl groups excluding tert-OH is 2. The van der Waals surface area contributed by atoms with Crippen molar-refractivity contribution in [3.63, 3.8) is 0 Å². The van der Waals surface area contributed by atoms with Gasteiger partial charge in [-0.15, -0.1) is 0 Å². The molecule has 6 heteroatoms. The molecule has 0 aromatic rings. The summed E-state index contributed by atoms with van der Waals surface area (Å²) in [7, 11) is 0. The summed E-state index contributed by atoms with van der Waals surface area (Å²) in [6.45, 7) is 8.95. The molecule has 0 amide bonds. The normalized spacial score (nSPS) is 12.2. The van der Waals surface area contributed by atoms with Gasteiger partial charge in [-0.25, -0.2) is 9.59 Å². The minimum Gasteiger partial charge on any atom is -0.433 e. The first kappa shape index (κ1) is 16.8. The quantitative estimate of drug-likeness (QED) is 0.406. The molecule has 0 aliphatic carbocycles. The highest BCUT2D eigenvalue weighted by Crippen LogP contribution is 1.84. The number of hydrogen-bond donors (Lipinski definition) is 2. The molecular formula is C10H16O6. The van der Waals surface area contributed by atoms with E-state index in [0.717, 1.165) is 12.2 Å².